The monoisotopic (exact) mass is 410 g/mol. The van der Waals surface area contributed by atoms with Crippen LogP contribution in [0.2, 0.25) is 0 Å². The average Bonchev–Trinajstić information content (AvgIpc) is 2.99. The highest BCUT2D eigenvalue weighted by molar-refractivity contribution is 7.85. The molecule has 1 aromatic heterocycles. The number of aromatic nitrogens is 1. The number of benzene rings is 1. The van der Waals surface area contributed by atoms with Gasteiger partial charge in [0, 0.05) is 23.9 Å². The number of aryl methyl sites for hydroxylation is 1. The molecular formula is C17H22N4O6S. The van der Waals surface area contributed by atoms with Crippen LogP contribution in [0.15, 0.2) is 23.3 Å². The minimum Gasteiger partial charge on any atom is -0.392 e. The number of hydrogen-bond donors (Lipinski definition) is 4. The first-order valence-electron chi connectivity index (χ1n) is 8.41. The number of hydrazone groups is 1. The van der Waals surface area contributed by atoms with Gasteiger partial charge >= 0.3 is 0 Å². The average molecular weight is 410 g/mol. The highest BCUT2D eigenvalue weighted by Gasteiger charge is 2.23. The van der Waals surface area contributed by atoms with Crippen molar-refractivity contribution in [2.24, 2.45) is 10.9 Å². The molecule has 28 heavy (non-hydrogen) atoms. The number of ketones is 1. The van der Waals surface area contributed by atoms with E-state index in [0.717, 1.165) is 30.1 Å². The van der Waals surface area contributed by atoms with Crippen molar-refractivity contribution in [2.45, 2.75) is 32.4 Å². The van der Waals surface area contributed by atoms with Gasteiger partial charge < -0.3 is 20.8 Å². The first-order chi connectivity index (χ1) is 13.2. The number of aliphatic hydroxyl groups excluding tert-OH is 1. The Balaban J connectivity index is 0.000000500. The summed E-state index contributed by atoms with van der Waals surface area (Å²) in [5, 5.41) is 16.0. The number of aliphatic hydroxyl groups is 1. The molecule has 152 valence electrons. The summed E-state index contributed by atoms with van der Waals surface area (Å²) < 4.78 is 27.7. The van der Waals surface area contributed by atoms with E-state index < -0.39 is 10.1 Å². The minimum absolute atomic E-state index is 0.0639. The van der Waals surface area contributed by atoms with Crippen LogP contribution in [0, 0.1) is 0 Å². The van der Waals surface area contributed by atoms with Gasteiger partial charge in [0.05, 0.1) is 18.4 Å². The Morgan fingerprint density at radius 2 is 2.07 bits per heavy atom. The number of nitrogens with zero attached hydrogens (tertiary/aromatic N) is 2. The third kappa shape index (κ3) is 5.15. The molecule has 0 bridgehead atoms. The number of hydrogen-bond acceptors (Lipinski definition) is 7. The zero-order valence-electron chi connectivity index (χ0n) is 15.3. The molecule has 0 aliphatic carbocycles. The van der Waals surface area contributed by atoms with Crippen molar-refractivity contribution in [3.05, 3.63) is 35.0 Å². The van der Waals surface area contributed by atoms with Crippen LogP contribution in [0.4, 0.5) is 0 Å². The zero-order chi connectivity index (χ0) is 20.9. The Labute approximate surface area is 161 Å². The first kappa shape index (κ1) is 21.5. The van der Waals surface area contributed by atoms with E-state index in [2.05, 4.69) is 10.4 Å². The summed E-state index contributed by atoms with van der Waals surface area (Å²) in [5.74, 6) is 4.73. The maximum Gasteiger partial charge on any atom is 0.273 e. The Bertz CT molecular complexity index is 1020. The number of nitrogens with one attached hydrogen (secondary N) is 1. The maximum absolute atomic E-state index is 12.4. The molecule has 1 aromatic carbocycles. The van der Waals surface area contributed by atoms with E-state index in [4.69, 9.17) is 10.4 Å². The summed E-state index contributed by atoms with van der Waals surface area (Å²) in [5.41, 5.74) is 2.44. The van der Waals surface area contributed by atoms with Crippen molar-refractivity contribution in [3.63, 3.8) is 0 Å². The van der Waals surface area contributed by atoms with Crippen LogP contribution in [-0.4, -0.2) is 46.9 Å². The summed E-state index contributed by atoms with van der Waals surface area (Å²) in [7, 11) is -3.67. The Morgan fingerprint density at radius 1 is 1.39 bits per heavy atom. The molecule has 1 aliphatic heterocycles. The van der Waals surface area contributed by atoms with Crippen LogP contribution in [0.1, 0.15) is 45.7 Å². The van der Waals surface area contributed by atoms with Gasteiger partial charge in [-0.25, -0.2) is 0 Å². The van der Waals surface area contributed by atoms with Crippen molar-refractivity contribution >= 4 is 39.1 Å². The minimum atomic E-state index is -3.67. The number of carbonyl (C=O) groups is 2. The summed E-state index contributed by atoms with van der Waals surface area (Å²) in [6.45, 7) is 0.488. The number of Topliss-reactive ketones (excluding diaryl/α,β-unsaturated/α-hetero) is 1. The fourth-order valence-electron chi connectivity index (χ4n) is 3.08. The predicted molar refractivity (Wildman–Crippen MR) is 104 cm³/mol. The molecule has 1 amide bonds. The van der Waals surface area contributed by atoms with Crippen LogP contribution >= 0.6 is 0 Å². The molecular weight excluding hydrogens is 388 g/mol. The predicted octanol–water partition coefficient (Wildman–Crippen LogP) is 0.636. The van der Waals surface area contributed by atoms with E-state index in [-0.39, 0.29) is 18.3 Å². The smallest absolute Gasteiger partial charge is 0.273 e. The molecule has 3 rings (SSSR count). The van der Waals surface area contributed by atoms with Gasteiger partial charge in [0.1, 0.15) is 12.0 Å². The molecule has 0 fully saturated rings. The second-order valence-corrected chi connectivity index (χ2v) is 7.70. The second kappa shape index (κ2) is 8.95. The molecule has 0 spiro atoms. The third-order valence-electron chi connectivity index (χ3n) is 4.16. The highest BCUT2D eigenvalue weighted by atomic mass is 32.2. The van der Waals surface area contributed by atoms with E-state index in [9.17, 15) is 23.1 Å². The lowest BCUT2D eigenvalue weighted by Gasteiger charge is -2.16. The number of rotatable bonds is 3. The van der Waals surface area contributed by atoms with E-state index in [1.54, 1.807) is 18.2 Å². The van der Waals surface area contributed by atoms with Gasteiger partial charge in [0.25, 0.3) is 16.0 Å². The fourth-order valence-corrected chi connectivity index (χ4v) is 3.08. The zero-order valence-corrected chi connectivity index (χ0v) is 16.1. The van der Waals surface area contributed by atoms with Crippen molar-refractivity contribution in [1.29, 1.82) is 0 Å². The van der Waals surface area contributed by atoms with Crippen LogP contribution in [0.5, 0.6) is 0 Å². The lowest BCUT2D eigenvalue weighted by atomic mass is 9.99. The van der Waals surface area contributed by atoms with Crippen LogP contribution < -0.4 is 11.2 Å². The molecule has 0 atom stereocenters. The van der Waals surface area contributed by atoms with E-state index in [1.165, 1.54) is 0 Å². The highest BCUT2D eigenvalue weighted by Crippen LogP contribution is 2.30. The quantitative estimate of drug-likeness (QED) is 0.189. The van der Waals surface area contributed by atoms with Crippen molar-refractivity contribution in [1.82, 2.24) is 9.88 Å². The summed E-state index contributed by atoms with van der Waals surface area (Å²) in [6.07, 6.45) is 3.93. The number of amides is 1. The van der Waals surface area contributed by atoms with Gasteiger partial charge in [-0.3, -0.25) is 14.1 Å². The van der Waals surface area contributed by atoms with E-state index >= 15 is 0 Å². The van der Waals surface area contributed by atoms with Crippen molar-refractivity contribution in [2.75, 3.05) is 6.26 Å². The van der Waals surface area contributed by atoms with Gasteiger partial charge in [-0.05, 0) is 30.5 Å². The van der Waals surface area contributed by atoms with Gasteiger partial charge in [-0.15, -0.1) is 0 Å². The molecule has 0 saturated carbocycles. The number of nitrogens with two attached hydrogens (primary N) is 1. The van der Waals surface area contributed by atoms with Gasteiger partial charge in [-0.2, -0.15) is 13.5 Å². The maximum atomic E-state index is 12.4. The van der Waals surface area contributed by atoms with Gasteiger partial charge in [0.15, 0.2) is 5.78 Å². The first-order valence-corrected chi connectivity index (χ1v) is 10.3. The van der Waals surface area contributed by atoms with Crippen LogP contribution in [-0.2, 0) is 23.3 Å². The van der Waals surface area contributed by atoms with Crippen molar-refractivity contribution < 1.29 is 27.7 Å². The lowest BCUT2D eigenvalue weighted by Crippen LogP contribution is -2.25. The molecule has 2 aromatic rings. The molecule has 0 radical (unpaired) electrons. The normalized spacial score (nSPS) is 14.3. The molecule has 0 saturated heterocycles. The van der Waals surface area contributed by atoms with Gasteiger partial charge in [-0.1, -0.05) is 6.07 Å². The van der Waals surface area contributed by atoms with Gasteiger partial charge in [0.2, 0.25) is 0 Å². The van der Waals surface area contributed by atoms with Crippen molar-refractivity contribution in [3.8, 4) is 0 Å². The molecule has 11 heteroatoms. The topological polar surface area (TPSA) is 164 Å². The van der Waals surface area contributed by atoms with E-state index in [0.29, 0.717) is 36.0 Å². The number of carbonyl (C=O) groups excluding carboxylic acids is 2. The second-order valence-electron chi connectivity index (χ2n) is 6.24. The van der Waals surface area contributed by atoms with E-state index in [1.807, 2.05) is 4.57 Å². The Hall–Kier alpha value is -2.76. The molecule has 5 N–H and O–H groups in total. The summed E-state index contributed by atoms with van der Waals surface area (Å²) in [6, 6.07) is 5.19. The fraction of sp³-hybridized carbons (Fsp3) is 0.353. The standard InChI is InChI=1S/C16H18N4O3.CH4O3S/c17-19-9-18-16(23)13-7-12-10(8-21)4-5-11-14(22)3-1-2-6-20(13)15(11)12;1-5(2,3)4/h4-5,7,9,21H,1-3,6,8,17H2,(H,18,19,23);1H3,(H,2,3,4). The third-order valence-corrected chi connectivity index (χ3v) is 4.16. The molecule has 10 nitrogen and oxygen atoms in total. The van der Waals surface area contributed by atoms with Crippen LogP contribution in [0.25, 0.3) is 10.9 Å². The summed E-state index contributed by atoms with van der Waals surface area (Å²) >= 11 is 0. The lowest BCUT2D eigenvalue weighted by molar-refractivity contribution is 0.0958. The Kier molecular flexibility index (Phi) is 6.89. The largest absolute Gasteiger partial charge is 0.392 e. The molecule has 0 unspecified atom stereocenters. The molecule has 1 aliphatic rings. The summed E-state index contributed by atoms with van der Waals surface area (Å²) in [4.78, 5) is 24.7. The van der Waals surface area contributed by atoms with Crippen LogP contribution in [0.3, 0.4) is 0 Å². The Morgan fingerprint density at radius 3 is 2.68 bits per heavy atom. The SMILES string of the molecule is CS(=O)(=O)O.NN=CNC(=O)c1cc2c(CO)ccc3c2n1CCCCC3=O. The molecule has 2 heterocycles.